The van der Waals surface area contributed by atoms with E-state index in [1.807, 2.05) is 13.0 Å². The van der Waals surface area contributed by atoms with Crippen LogP contribution in [0.4, 0.5) is 5.69 Å². The van der Waals surface area contributed by atoms with Gasteiger partial charge >= 0.3 is 5.97 Å². The number of ether oxygens (including phenoxy) is 1. The molecule has 3 aromatic rings. The van der Waals surface area contributed by atoms with Crippen molar-refractivity contribution in [2.75, 3.05) is 10.9 Å². The molecule has 1 heterocycles. The lowest BCUT2D eigenvalue weighted by Gasteiger charge is -2.29. The zero-order chi connectivity index (χ0) is 25.3. The molecule has 1 aromatic heterocycles. The third-order valence-corrected chi connectivity index (χ3v) is 8.45. The summed E-state index contributed by atoms with van der Waals surface area (Å²) in [5, 5.41) is 0.413. The van der Waals surface area contributed by atoms with Gasteiger partial charge in [0.05, 0.1) is 17.2 Å². The van der Waals surface area contributed by atoms with Crippen LogP contribution in [-0.4, -0.2) is 26.9 Å². The Kier molecular flexibility index (Phi) is 7.03. The van der Waals surface area contributed by atoms with E-state index in [4.69, 9.17) is 9.15 Å². The van der Waals surface area contributed by atoms with Crippen molar-refractivity contribution >= 4 is 38.6 Å². The molecule has 1 aliphatic carbocycles. The lowest BCUT2D eigenvalue weighted by atomic mass is 9.88. The minimum atomic E-state index is -4.22. The predicted octanol–water partition coefficient (Wildman–Crippen LogP) is 5.84. The standard InChI is InChI=1S/C27H31NO6S/c1-5-33-27(30)25-19(4)34-23-14-13-21(16-22(23)25)28(26(29)20-9-7-6-8-10-20)35(31,32)24-15-17(2)11-12-18(24)3/h11-16,20H,5-10H2,1-4H3. The number of hydrogen-bond acceptors (Lipinski definition) is 6. The molecular formula is C27H31NO6S. The number of carbonyl (C=O) groups is 2. The molecule has 1 fully saturated rings. The van der Waals surface area contributed by atoms with Gasteiger partial charge < -0.3 is 9.15 Å². The number of sulfonamides is 1. The molecule has 1 saturated carbocycles. The summed E-state index contributed by atoms with van der Waals surface area (Å²) >= 11 is 0. The van der Waals surface area contributed by atoms with Crippen LogP contribution in [0.5, 0.6) is 0 Å². The zero-order valence-electron chi connectivity index (χ0n) is 20.6. The fourth-order valence-electron chi connectivity index (χ4n) is 4.77. The van der Waals surface area contributed by atoms with E-state index in [0.717, 1.165) is 29.1 Å². The number of aryl methyl sites for hydroxylation is 3. The van der Waals surface area contributed by atoms with E-state index in [9.17, 15) is 18.0 Å². The molecule has 4 rings (SSSR count). The normalized spacial score (nSPS) is 14.7. The van der Waals surface area contributed by atoms with Crippen LogP contribution in [0.15, 0.2) is 45.7 Å². The van der Waals surface area contributed by atoms with E-state index in [0.29, 0.717) is 35.1 Å². The highest BCUT2D eigenvalue weighted by atomic mass is 32.2. The summed E-state index contributed by atoms with van der Waals surface area (Å²) in [7, 11) is -4.22. The molecule has 35 heavy (non-hydrogen) atoms. The number of rotatable bonds is 6. The van der Waals surface area contributed by atoms with E-state index >= 15 is 0 Å². The lowest BCUT2D eigenvalue weighted by molar-refractivity contribution is -0.122. The van der Waals surface area contributed by atoms with Crippen LogP contribution in [0.2, 0.25) is 0 Å². The third kappa shape index (κ3) is 4.72. The van der Waals surface area contributed by atoms with E-state index in [2.05, 4.69) is 0 Å². The average Bonchev–Trinajstić information content (AvgIpc) is 3.16. The molecule has 0 N–H and O–H groups in total. The van der Waals surface area contributed by atoms with Gasteiger partial charge in [-0.2, -0.15) is 0 Å². The molecule has 0 unspecified atom stereocenters. The van der Waals surface area contributed by atoms with Gasteiger partial charge in [-0.15, -0.1) is 0 Å². The van der Waals surface area contributed by atoms with E-state index in [1.165, 1.54) is 0 Å². The average molecular weight is 498 g/mol. The van der Waals surface area contributed by atoms with Gasteiger partial charge in [-0.25, -0.2) is 17.5 Å². The van der Waals surface area contributed by atoms with Gasteiger partial charge in [-0.3, -0.25) is 4.79 Å². The highest BCUT2D eigenvalue weighted by Crippen LogP contribution is 2.36. The quantitative estimate of drug-likeness (QED) is 0.397. The van der Waals surface area contributed by atoms with Gasteiger partial charge in [-0.1, -0.05) is 31.4 Å². The Morgan fingerprint density at radius 2 is 1.74 bits per heavy atom. The number of benzene rings is 2. The second kappa shape index (κ2) is 9.85. The number of hydrogen-bond donors (Lipinski definition) is 0. The van der Waals surface area contributed by atoms with Crippen molar-refractivity contribution in [3.05, 3.63) is 58.8 Å². The van der Waals surface area contributed by atoms with Gasteiger partial charge in [0, 0.05) is 11.3 Å². The first-order chi connectivity index (χ1) is 16.6. The summed E-state index contributed by atoms with van der Waals surface area (Å²) in [4.78, 5) is 26.5. The van der Waals surface area contributed by atoms with Gasteiger partial charge in [0.15, 0.2) is 0 Å². The van der Waals surface area contributed by atoms with Crippen LogP contribution in [0.1, 0.15) is 66.3 Å². The Balaban J connectivity index is 1.91. The van der Waals surface area contributed by atoms with Gasteiger partial charge in [-0.05, 0) is 75.9 Å². The number of amides is 1. The number of fused-ring (bicyclic) bond motifs is 1. The van der Waals surface area contributed by atoms with Crippen LogP contribution in [0.25, 0.3) is 11.0 Å². The lowest BCUT2D eigenvalue weighted by Crippen LogP contribution is -2.41. The van der Waals surface area contributed by atoms with Crippen LogP contribution in [-0.2, 0) is 19.6 Å². The summed E-state index contributed by atoms with van der Waals surface area (Å²) in [5.41, 5.74) is 2.18. The molecule has 0 atom stereocenters. The summed E-state index contributed by atoms with van der Waals surface area (Å²) in [6.07, 6.45) is 4.12. The van der Waals surface area contributed by atoms with Crippen molar-refractivity contribution in [2.24, 2.45) is 5.92 Å². The van der Waals surface area contributed by atoms with Crippen molar-refractivity contribution in [3.8, 4) is 0 Å². The van der Waals surface area contributed by atoms with Crippen LogP contribution in [0.3, 0.4) is 0 Å². The topological polar surface area (TPSA) is 93.9 Å². The van der Waals surface area contributed by atoms with Crippen molar-refractivity contribution in [2.45, 2.75) is 64.7 Å². The first-order valence-corrected chi connectivity index (χ1v) is 13.5. The van der Waals surface area contributed by atoms with E-state index < -0.39 is 21.9 Å². The van der Waals surface area contributed by atoms with Crippen LogP contribution < -0.4 is 4.31 Å². The number of anilines is 1. The van der Waals surface area contributed by atoms with Gasteiger partial charge in [0.1, 0.15) is 16.9 Å². The summed E-state index contributed by atoms with van der Waals surface area (Å²) in [6, 6.07) is 9.88. The maximum atomic E-state index is 14.0. The Hall–Kier alpha value is -3.13. The van der Waals surface area contributed by atoms with Gasteiger partial charge in [0.2, 0.25) is 5.91 Å². The van der Waals surface area contributed by atoms with Crippen molar-refractivity contribution in [1.29, 1.82) is 0 Å². The van der Waals surface area contributed by atoms with E-state index in [1.54, 1.807) is 51.1 Å². The fraction of sp³-hybridized carbons (Fsp3) is 0.407. The molecule has 7 nitrogen and oxygen atoms in total. The largest absolute Gasteiger partial charge is 0.462 e. The minimum Gasteiger partial charge on any atom is -0.462 e. The number of furan rings is 1. The zero-order valence-corrected chi connectivity index (χ0v) is 21.4. The van der Waals surface area contributed by atoms with Gasteiger partial charge in [0.25, 0.3) is 10.0 Å². The number of nitrogens with zero attached hydrogens (tertiary/aromatic N) is 1. The maximum absolute atomic E-state index is 14.0. The summed E-state index contributed by atoms with van der Waals surface area (Å²) in [6.45, 7) is 7.10. The number of carbonyl (C=O) groups excluding carboxylic acids is 2. The molecule has 0 spiro atoms. The third-order valence-electron chi connectivity index (χ3n) is 6.58. The first kappa shape index (κ1) is 25.0. The Morgan fingerprint density at radius 3 is 2.43 bits per heavy atom. The fourth-order valence-corrected chi connectivity index (χ4v) is 6.56. The molecule has 186 valence electrons. The highest BCUT2D eigenvalue weighted by Gasteiger charge is 2.37. The van der Waals surface area contributed by atoms with Crippen LogP contribution >= 0.6 is 0 Å². The van der Waals surface area contributed by atoms with Crippen molar-refractivity contribution in [3.63, 3.8) is 0 Å². The summed E-state index contributed by atoms with van der Waals surface area (Å²) < 4.78 is 39.9. The molecule has 0 aliphatic heterocycles. The van der Waals surface area contributed by atoms with E-state index in [-0.39, 0.29) is 28.7 Å². The molecule has 0 radical (unpaired) electrons. The summed E-state index contributed by atoms with van der Waals surface area (Å²) in [5.74, 6) is -1.00. The Labute approximate surface area is 206 Å². The molecule has 0 saturated heterocycles. The maximum Gasteiger partial charge on any atom is 0.342 e. The van der Waals surface area contributed by atoms with Crippen molar-refractivity contribution < 1.29 is 27.2 Å². The SMILES string of the molecule is CCOC(=O)c1c(C)oc2ccc(N(C(=O)C3CCCCC3)S(=O)(=O)c3cc(C)ccc3C)cc12. The minimum absolute atomic E-state index is 0.0933. The predicted molar refractivity (Wildman–Crippen MR) is 134 cm³/mol. The Morgan fingerprint density at radius 1 is 1.03 bits per heavy atom. The second-order valence-electron chi connectivity index (χ2n) is 9.15. The number of esters is 1. The van der Waals surface area contributed by atoms with Crippen molar-refractivity contribution in [1.82, 2.24) is 0 Å². The molecule has 0 bridgehead atoms. The Bertz CT molecular complexity index is 1380. The molecular weight excluding hydrogens is 466 g/mol. The molecule has 8 heteroatoms. The van der Waals surface area contributed by atoms with Crippen LogP contribution in [0, 0.1) is 26.7 Å². The molecule has 1 aliphatic rings. The monoisotopic (exact) mass is 497 g/mol. The smallest absolute Gasteiger partial charge is 0.342 e. The molecule has 1 amide bonds. The molecule has 2 aromatic carbocycles. The highest BCUT2D eigenvalue weighted by molar-refractivity contribution is 7.93. The second-order valence-corrected chi connectivity index (χ2v) is 10.9. The first-order valence-electron chi connectivity index (χ1n) is 12.0.